The average molecular weight is 224 g/mol. The molecule has 1 rings (SSSR count). The van der Waals surface area contributed by atoms with E-state index in [9.17, 15) is 4.79 Å². The van der Waals surface area contributed by atoms with Crippen molar-refractivity contribution >= 4 is 16.3 Å². The maximum atomic E-state index is 10.5. The summed E-state index contributed by atoms with van der Waals surface area (Å²) in [5.41, 5.74) is 9.72. The van der Waals surface area contributed by atoms with E-state index in [4.69, 9.17) is 29.0 Å². The highest BCUT2D eigenvalue weighted by Crippen LogP contribution is 2.41. The Hall–Kier alpha value is -0.960. The minimum atomic E-state index is -4.67. The summed E-state index contributed by atoms with van der Waals surface area (Å²) in [6.07, 6.45) is 2.33. The van der Waals surface area contributed by atoms with E-state index >= 15 is 0 Å². The fraction of sp³-hybridized carbons (Fsp3) is 0.500. The predicted octanol–water partition coefficient (Wildman–Crippen LogP) is -1.28. The number of nitrogens with two attached hydrogens (primary N) is 2. The van der Waals surface area contributed by atoms with Crippen LogP contribution in [0.3, 0.4) is 0 Å². The molecule has 0 aliphatic heterocycles. The lowest BCUT2D eigenvalue weighted by Gasteiger charge is -2.01. The second-order valence-electron chi connectivity index (χ2n) is 2.90. The van der Waals surface area contributed by atoms with Gasteiger partial charge in [-0.1, -0.05) is 6.08 Å². The van der Waals surface area contributed by atoms with Gasteiger partial charge < -0.3 is 11.5 Å². The number of rotatable bonds is 2. The van der Waals surface area contributed by atoms with Gasteiger partial charge in [0, 0.05) is 5.92 Å². The molecule has 1 saturated carbocycles. The molecule has 2 atom stereocenters. The van der Waals surface area contributed by atoms with Crippen molar-refractivity contribution in [2.45, 2.75) is 12.0 Å². The molecule has 0 aromatic rings. The Kier molecular flexibility index (Phi) is 3.77. The van der Waals surface area contributed by atoms with Crippen molar-refractivity contribution in [2.24, 2.45) is 17.4 Å². The van der Waals surface area contributed by atoms with Crippen LogP contribution in [0.1, 0.15) is 6.42 Å². The normalized spacial score (nSPS) is 29.8. The smallest absolute Gasteiger partial charge is 0.368 e. The zero-order valence-corrected chi connectivity index (χ0v) is 8.07. The van der Waals surface area contributed by atoms with Crippen LogP contribution < -0.4 is 11.5 Å². The van der Waals surface area contributed by atoms with E-state index in [1.54, 1.807) is 6.08 Å². The van der Waals surface area contributed by atoms with Gasteiger partial charge in [-0.3, -0.25) is 13.9 Å². The van der Waals surface area contributed by atoms with E-state index in [-0.39, 0.29) is 5.92 Å². The quantitative estimate of drug-likeness (QED) is 0.340. The Labute approximate surface area is 81.3 Å². The van der Waals surface area contributed by atoms with Gasteiger partial charge in [0.15, 0.2) is 0 Å². The molecule has 0 heterocycles. The third-order valence-electron chi connectivity index (χ3n) is 1.80. The third kappa shape index (κ3) is 4.33. The molecule has 82 valence electrons. The Bertz CT molecular complexity index is 330. The van der Waals surface area contributed by atoms with Gasteiger partial charge in [-0.05, 0) is 6.42 Å². The van der Waals surface area contributed by atoms with Gasteiger partial charge in [-0.15, -0.1) is 6.58 Å². The summed E-state index contributed by atoms with van der Waals surface area (Å²) in [7, 11) is -4.67. The second-order valence-corrected chi connectivity index (χ2v) is 3.79. The first-order chi connectivity index (χ1) is 6.11. The molecular weight excluding hydrogens is 212 g/mol. The summed E-state index contributed by atoms with van der Waals surface area (Å²) < 4.78 is 31.6. The van der Waals surface area contributed by atoms with Crippen molar-refractivity contribution in [1.29, 1.82) is 0 Å². The number of carbonyl (C=O) groups is 1. The van der Waals surface area contributed by atoms with Crippen molar-refractivity contribution in [3.8, 4) is 0 Å². The summed E-state index contributed by atoms with van der Waals surface area (Å²) in [5, 5.41) is 0. The van der Waals surface area contributed by atoms with Gasteiger partial charge >= 0.3 is 10.4 Å². The molecule has 6 N–H and O–H groups in total. The second kappa shape index (κ2) is 4.05. The first kappa shape index (κ1) is 13.0. The monoisotopic (exact) mass is 224 g/mol. The zero-order chi connectivity index (χ0) is 11.6. The van der Waals surface area contributed by atoms with Gasteiger partial charge in [-0.2, -0.15) is 8.42 Å². The highest BCUT2D eigenvalue weighted by atomic mass is 32.3. The maximum absolute atomic E-state index is 10.5. The van der Waals surface area contributed by atoms with Crippen LogP contribution in [-0.4, -0.2) is 29.0 Å². The van der Waals surface area contributed by atoms with Crippen LogP contribution in [0.15, 0.2) is 12.7 Å². The van der Waals surface area contributed by atoms with E-state index in [0.29, 0.717) is 6.42 Å². The molecule has 0 aromatic carbocycles. The molecule has 1 amide bonds. The number of hydrogen-bond acceptors (Lipinski definition) is 4. The van der Waals surface area contributed by atoms with E-state index in [2.05, 4.69) is 6.58 Å². The SMILES string of the molecule is C=CC1CC1(N)C(N)=O.O=S(=O)(O)O. The van der Waals surface area contributed by atoms with E-state index in [1.807, 2.05) is 0 Å². The standard InChI is InChI=1S/C6H10N2O.H2O4S/c1-2-4-3-6(4,8)5(7)9;1-5(2,3)4/h2,4H,1,3,8H2,(H2,7,9);(H2,1,2,3,4). The molecule has 14 heavy (non-hydrogen) atoms. The summed E-state index contributed by atoms with van der Waals surface area (Å²) in [5.74, 6) is -0.317. The van der Waals surface area contributed by atoms with Crippen molar-refractivity contribution in [2.75, 3.05) is 0 Å². The van der Waals surface area contributed by atoms with Gasteiger partial charge in [0.25, 0.3) is 0 Å². The van der Waals surface area contributed by atoms with Crippen LogP contribution in [0.2, 0.25) is 0 Å². The van der Waals surface area contributed by atoms with Gasteiger partial charge in [0.05, 0.1) is 0 Å². The lowest BCUT2D eigenvalue weighted by molar-refractivity contribution is -0.120. The van der Waals surface area contributed by atoms with Crippen LogP contribution in [0.4, 0.5) is 0 Å². The fourth-order valence-electron chi connectivity index (χ4n) is 0.882. The molecule has 1 fully saturated rings. The average Bonchev–Trinajstić information content (AvgIpc) is 2.59. The number of carbonyl (C=O) groups excluding carboxylic acids is 1. The predicted molar refractivity (Wildman–Crippen MR) is 48.6 cm³/mol. The van der Waals surface area contributed by atoms with Gasteiger partial charge in [0.1, 0.15) is 5.54 Å². The molecule has 1 aliphatic carbocycles. The first-order valence-corrected chi connectivity index (χ1v) is 4.92. The lowest BCUT2D eigenvalue weighted by Crippen LogP contribution is -2.40. The molecule has 0 bridgehead atoms. The number of amides is 1. The van der Waals surface area contributed by atoms with Crippen molar-refractivity contribution in [3.05, 3.63) is 12.7 Å². The summed E-state index contributed by atoms with van der Waals surface area (Å²) in [6, 6.07) is 0. The van der Waals surface area contributed by atoms with Crippen molar-refractivity contribution in [1.82, 2.24) is 0 Å². The molecule has 7 nitrogen and oxygen atoms in total. The lowest BCUT2D eigenvalue weighted by atomic mass is 10.2. The number of primary amides is 1. The van der Waals surface area contributed by atoms with Gasteiger partial charge in [0.2, 0.25) is 5.91 Å². The van der Waals surface area contributed by atoms with Gasteiger partial charge in [-0.25, -0.2) is 0 Å². The molecule has 8 heteroatoms. The Morgan fingerprint density at radius 2 is 1.93 bits per heavy atom. The summed E-state index contributed by atoms with van der Waals surface area (Å²) in [6.45, 7) is 3.51. The third-order valence-corrected chi connectivity index (χ3v) is 1.80. The molecular formula is C6H12N2O5S. The molecule has 0 radical (unpaired) electrons. The van der Waals surface area contributed by atoms with E-state index < -0.39 is 21.8 Å². The van der Waals surface area contributed by atoms with E-state index in [1.165, 1.54) is 0 Å². The molecule has 0 spiro atoms. The molecule has 0 saturated heterocycles. The first-order valence-electron chi connectivity index (χ1n) is 3.52. The number of hydrogen-bond donors (Lipinski definition) is 4. The topological polar surface area (TPSA) is 144 Å². The Morgan fingerprint density at radius 1 is 1.57 bits per heavy atom. The molecule has 0 aromatic heterocycles. The largest absolute Gasteiger partial charge is 0.394 e. The van der Waals surface area contributed by atoms with Crippen molar-refractivity contribution < 1.29 is 22.3 Å². The van der Waals surface area contributed by atoms with Crippen LogP contribution >= 0.6 is 0 Å². The van der Waals surface area contributed by atoms with Crippen molar-refractivity contribution in [3.63, 3.8) is 0 Å². The van der Waals surface area contributed by atoms with Crippen LogP contribution in [-0.2, 0) is 15.2 Å². The minimum absolute atomic E-state index is 0.106. The van der Waals surface area contributed by atoms with Crippen LogP contribution in [0, 0.1) is 5.92 Å². The summed E-state index contributed by atoms with van der Waals surface area (Å²) in [4.78, 5) is 10.5. The minimum Gasteiger partial charge on any atom is -0.368 e. The highest BCUT2D eigenvalue weighted by molar-refractivity contribution is 7.79. The van der Waals surface area contributed by atoms with Crippen LogP contribution in [0.25, 0.3) is 0 Å². The highest BCUT2D eigenvalue weighted by Gasteiger charge is 2.54. The maximum Gasteiger partial charge on any atom is 0.394 e. The molecule has 2 unspecified atom stereocenters. The molecule has 1 aliphatic rings. The Balaban J connectivity index is 0.000000292. The summed E-state index contributed by atoms with van der Waals surface area (Å²) >= 11 is 0. The zero-order valence-electron chi connectivity index (χ0n) is 7.25. The Morgan fingerprint density at radius 3 is 2.00 bits per heavy atom. The van der Waals surface area contributed by atoms with Crippen LogP contribution in [0.5, 0.6) is 0 Å². The van der Waals surface area contributed by atoms with E-state index in [0.717, 1.165) is 0 Å². The fourth-order valence-corrected chi connectivity index (χ4v) is 0.882.